The molecule has 3 heterocycles. The number of para-hydroxylation sites is 1. The van der Waals surface area contributed by atoms with Crippen LogP contribution in [0.5, 0.6) is 11.5 Å². The molecule has 1 unspecified atom stereocenters. The molecule has 5 aromatic rings. The van der Waals surface area contributed by atoms with Crippen molar-refractivity contribution in [2.24, 2.45) is 0 Å². The highest BCUT2D eigenvalue weighted by Crippen LogP contribution is 2.41. The van der Waals surface area contributed by atoms with Crippen molar-refractivity contribution in [2.45, 2.75) is 17.5 Å². The van der Waals surface area contributed by atoms with Crippen LogP contribution in [0, 0.1) is 0 Å². The fourth-order valence-corrected chi connectivity index (χ4v) is 5.70. The highest BCUT2D eigenvalue weighted by molar-refractivity contribution is 7.89. The lowest BCUT2D eigenvalue weighted by atomic mass is 9.98. The lowest BCUT2D eigenvalue weighted by Crippen LogP contribution is -2.34. The van der Waals surface area contributed by atoms with Crippen LogP contribution < -0.4 is 25.4 Å². The first-order valence-electron chi connectivity index (χ1n) is 11.9. The van der Waals surface area contributed by atoms with Crippen LogP contribution in [0.25, 0.3) is 22.3 Å². The molecule has 1 aliphatic rings. The Kier molecular flexibility index (Phi) is 6.05. The maximum absolute atomic E-state index is 13.2. The van der Waals surface area contributed by atoms with E-state index >= 15 is 0 Å². The van der Waals surface area contributed by atoms with Gasteiger partial charge in [0.05, 0.1) is 23.1 Å². The molecule has 196 valence electrons. The van der Waals surface area contributed by atoms with Crippen molar-refractivity contribution >= 4 is 21.0 Å². The van der Waals surface area contributed by atoms with Crippen LogP contribution >= 0.6 is 0 Å². The van der Waals surface area contributed by atoms with Gasteiger partial charge in [0.1, 0.15) is 17.1 Å². The summed E-state index contributed by atoms with van der Waals surface area (Å²) in [5.41, 5.74) is 0.706. The molecule has 6 rings (SSSR count). The summed E-state index contributed by atoms with van der Waals surface area (Å²) in [6, 6.07) is 22.6. The lowest BCUT2D eigenvalue weighted by Gasteiger charge is -2.28. The Balaban J connectivity index is 1.47. The molecule has 1 aliphatic heterocycles. The second-order valence-corrected chi connectivity index (χ2v) is 10.6. The molecule has 2 aromatic heterocycles. The van der Waals surface area contributed by atoms with Crippen LogP contribution in [0.3, 0.4) is 0 Å². The van der Waals surface area contributed by atoms with Gasteiger partial charge in [-0.3, -0.25) is 0 Å². The van der Waals surface area contributed by atoms with Crippen LogP contribution in [0.1, 0.15) is 22.9 Å². The highest BCUT2D eigenvalue weighted by Gasteiger charge is 2.33. The van der Waals surface area contributed by atoms with Crippen LogP contribution in [-0.4, -0.2) is 15.5 Å². The molecule has 0 fully saturated rings. The number of hydrogen-bond acceptors (Lipinski definition) is 8. The summed E-state index contributed by atoms with van der Waals surface area (Å²) in [4.78, 5) is 25.5. The van der Waals surface area contributed by atoms with Gasteiger partial charge in [0.2, 0.25) is 10.0 Å². The van der Waals surface area contributed by atoms with E-state index in [0.29, 0.717) is 39.2 Å². The summed E-state index contributed by atoms with van der Waals surface area (Å²) < 4.78 is 51.3. The fraction of sp³-hybridized carbons (Fsp3) is 0.103. The molecule has 0 radical (unpaired) electrons. The Bertz CT molecular complexity index is 1940. The molecule has 0 saturated heterocycles. The average molecular weight is 544 g/mol. The number of hydrogen-bond donors (Lipinski definition) is 1. The van der Waals surface area contributed by atoms with Crippen LogP contribution in [0.4, 0.5) is 0 Å². The second-order valence-electron chi connectivity index (χ2n) is 8.90. The monoisotopic (exact) mass is 543 g/mol. The van der Waals surface area contributed by atoms with Crippen molar-refractivity contribution in [1.29, 1.82) is 0 Å². The molecular formula is C29H21NO8S. The van der Waals surface area contributed by atoms with Gasteiger partial charge in [0.25, 0.3) is 0 Å². The zero-order valence-corrected chi connectivity index (χ0v) is 21.4. The van der Waals surface area contributed by atoms with E-state index in [4.69, 9.17) is 18.3 Å². The summed E-state index contributed by atoms with van der Waals surface area (Å²) in [6.45, 7) is 0. The van der Waals surface area contributed by atoms with E-state index in [-0.39, 0.29) is 22.6 Å². The van der Waals surface area contributed by atoms with E-state index in [9.17, 15) is 18.0 Å². The van der Waals surface area contributed by atoms with Crippen LogP contribution in [0.15, 0.2) is 108 Å². The van der Waals surface area contributed by atoms with Gasteiger partial charge in [-0.15, -0.1) is 0 Å². The van der Waals surface area contributed by atoms with Crippen molar-refractivity contribution in [2.75, 3.05) is 7.11 Å². The molecule has 0 bridgehead atoms. The minimum atomic E-state index is -3.99. The lowest BCUT2D eigenvalue weighted by molar-refractivity contribution is 0.185. The van der Waals surface area contributed by atoms with E-state index < -0.39 is 27.5 Å². The third kappa shape index (κ3) is 4.60. The number of methoxy groups -OCH3 is 1. The maximum Gasteiger partial charge on any atom is 0.339 e. The van der Waals surface area contributed by atoms with Gasteiger partial charge >= 0.3 is 11.3 Å². The van der Waals surface area contributed by atoms with Crippen molar-refractivity contribution < 1.29 is 26.7 Å². The fourth-order valence-electron chi connectivity index (χ4n) is 4.59. The number of benzene rings is 3. The number of nitrogens with one attached hydrogen (secondary N) is 1. The second kappa shape index (κ2) is 9.57. The molecule has 1 atom stereocenters. The largest absolute Gasteiger partial charge is 0.497 e. The highest BCUT2D eigenvalue weighted by atomic mass is 32.2. The summed E-state index contributed by atoms with van der Waals surface area (Å²) >= 11 is 0. The molecule has 0 amide bonds. The first-order chi connectivity index (χ1) is 18.8. The van der Waals surface area contributed by atoms with Crippen molar-refractivity contribution in [3.63, 3.8) is 0 Å². The van der Waals surface area contributed by atoms with Gasteiger partial charge in [-0.1, -0.05) is 30.3 Å². The van der Waals surface area contributed by atoms with E-state index in [2.05, 4.69) is 4.72 Å². The molecule has 1 N–H and O–H groups in total. The predicted molar refractivity (Wildman–Crippen MR) is 142 cm³/mol. The van der Waals surface area contributed by atoms with E-state index in [0.717, 1.165) is 0 Å². The molecule has 10 heteroatoms. The summed E-state index contributed by atoms with van der Waals surface area (Å²) in [6.07, 6.45) is -1.16. The minimum Gasteiger partial charge on any atom is -0.497 e. The third-order valence-corrected chi connectivity index (χ3v) is 7.86. The molecule has 9 nitrogen and oxygen atoms in total. The van der Waals surface area contributed by atoms with E-state index in [1.54, 1.807) is 66.7 Å². The molecule has 0 aliphatic carbocycles. The summed E-state index contributed by atoms with van der Waals surface area (Å²) in [5.74, 6) is 1.11. The van der Waals surface area contributed by atoms with Gasteiger partial charge in [0.15, 0.2) is 12.0 Å². The van der Waals surface area contributed by atoms with Crippen molar-refractivity contribution in [3.05, 3.63) is 122 Å². The predicted octanol–water partition coefficient (Wildman–Crippen LogP) is 4.38. The number of fused-ring (bicyclic) bond motifs is 4. The number of sulfonamides is 1. The molecular weight excluding hydrogens is 522 g/mol. The first-order valence-corrected chi connectivity index (χ1v) is 13.4. The van der Waals surface area contributed by atoms with E-state index in [1.165, 1.54) is 25.3 Å². The zero-order valence-electron chi connectivity index (χ0n) is 20.5. The van der Waals surface area contributed by atoms with Gasteiger partial charge < -0.3 is 18.3 Å². The van der Waals surface area contributed by atoms with Crippen molar-refractivity contribution in [3.8, 4) is 22.8 Å². The average Bonchev–Trinajstić information content (AvgIpc) is 2.94. The van der Waals surface area contributed by atoms with Gasteiger partial charge in [-0.05, 0) is 54.1 Å². The standard InChI is InChI=1S/C29H21NO8S/c1-35-19-11-12-25-22(16-19)17(15-26(31)36-25)13-18-14-23-27(38-29(18)32)21-9-5-6-10-24(21)37-28(23)30-39(33,34)20-7-3-2-4-8-20/h2-12,14-16,28,30H,13H2,1H3. The Morgan fingerprint density at radius 1 is 0.872 bits per heavy atom. The molecule has 3 aromatic carbocycles. The number of ether oxygens (including phenoxy) is 2. The normalized spacial score (nSPS) is 14.3. The Morgan fingerprint density at radius 3 is 2.44 bits per heavy atom. The zero-order chi connectivity index (χ0) is 27.1. The number of rotatable bonds is 6. The van der Waals surface area contributed by atoms with Gasteiger partial charge in [0, 0.05) is 23.4 Å². The SMILES string of the molecule is COc1ccc2oc(=O)cc(Cc3cc4c(oc3=O)-c3ccccc3OC4NS(=O)(=O)c3ccccc3)c2c1. The maximum atomic E-state index is 13.2. The Hall–Kier alpha value is -4.67. The molecule has 0 saturated carbocycles. The van der Waals surface area contributed by atoms with E-state index in [1.807, 2.05) is 0 Å². The third-order valence-electron chi connectivity index (χ3n) is 6.44. The minimum absolute atomic E-state index is 0.0185. The molecule has 39 heavy (non-hydrogen) atoms. The van der Waals surface area contributed by atoms with Crippen LogP contribution in [0.2, 0.25) is 0 Å². The van der Waals surface area contributed by atoms with Gasteiger partial charge in [-0.25, -0.2) is 18.0 Å². The summed E-state index contributed by atoms with van der Waals surface area (Å²) in [7, 11) is -2.47. The van der Waals surface area contributed by atoms with Crippen LogP contribution in [-0.2, 0) is 16.4 Å². The van der Waals surface area contributed by atoms with Gasteiger partial charge in [-0.2, -0.15) is 4.72 Å². The Labute approximate surface area is 222 Å². The molecule has 0 spiro atoms. The van der Waals surface area contributed by atoms with Crippen molar-refractivity contribution in [1.82, 2.24) is 4.72 Å². The topological polar surface area (TPSA) is 125 Å². The quantitative estimate of drug-likeness (QED) is 0.313. The smallest absolute Gasteiger partial charge is 0.339 e. The first kappa shape index (κ1) is 24.7. The Morgan fingerprint density at radius 2 is 1.64 bits per heavy atom. The summed E-state index contributed by atoms with van der Waals surface area (Å²) in [5, 5.41) is 0.592.